The van der Waals surface area contributed by atoms with E-state index >= 15 is 0 Å². The van der Waals surface area contributed by atoms with Crippen LogP contribution in [0.5, 0.6) is 0 Å². The Morgan fingerprint density at radius 3 is 1.87 bits per heavy atom. The zero-order valence-corrected chi connectivity index (χ0v) is 10.3. The molecule has 3 amide bonds. The van der Waals surface area contributed by atoms with Crippen molar-refractivity contribution < 1.29 is 9.59 Å². The molecule has 5 nitrogen and oxygen atoms in total. The van der Waals surface area contributed by atoms with E-state index in [-0.39, 0.29) is 18.5 Å². The van der Waals surface area contributed by atoms with Crippen molar-refractivity contribution in [2.75, 3.05) is 40.8 Å². The minimum atomic E-state index is -0.102. The third-order valence-electron chi connectivity index (χ3n) is 2.28. The molecular formula is C10H21N3O2. The second-order valence-electron chi connectivity index (χ2n) is 3.60. The lowest BCUT2D eigenvalue weighted by atomic mass is 10.4. The first-order chi connectivity index (χ1) is 6.93. The van der Waals surface area contributed by atoms with Crippen molar-refractivity contribution in [2.45, 2.75) is 13.8 Å². The summed E-state index contributed by atoms with van der Waals surface area (Å²) < 4.78 is 0. The number of likely N-dealkylation sites (N-methyl/N-ethyl adjacent to an activating group) is 2. The van der Waals surface area contributed by atoms with E-state index in [1.54, 1.807) is 26.0 Å². The minimum absolute atomic E-state index is 0.0605. The summed E-state index contributed by atoms with van der Waals surface area (Å²) in [6, 6.07) is -0.102. The predicted octanol–water partition coefficient (Wildman–Crippen LogP) is 0.468. The van der Waals surface area contributed by atoms with Gasteiger partial charge in [0.15, 0.2) is 0 Å². The largest absolute Gasteiger partial charge is 0.347 e. The van der Waals surface area contributed by atoms with Crippen LogP contribution in [0.3, 0.4) is 0 Å². The summed E-state index contributed by atoms with van der Waals surface area (Å²) in [5.74, 6) is -0.0605. The second-order valence-corrected chi connectivity index (χ2v) is 3.60. The summed E-state index contributed by atoms with van der Waals surface area (Å²) in [6.07, 6.45) is 0. The number of hydrogen-bond acceptors (Lipinski definition) is 2. The van der Waals surface area contributed by atoms with E-state index in [9.17, 15) is 9.59 Å². The lowest BCUT2D eigenvalue weighted by Crippen LogP contribution is -2.45. The summed E-state index contributed by atoms with van der Waals surface area (Å²) in [7, 11) is 5.10. The van der Waals surface area contributed by atoms with Crippen LogP contribution >= 0.6 is 0 Å². The number of rotatable bonds is 4. The van der Waals surface area contributed by atoms with Gasteiger partial charge < -0.3 is 14.7 Å². The van der Waals surface area contributed by atoms with Crippen LogP contribution in [0.25, 0.3) is 0 Å². The topological polar surface area (TPSA) is 43.9 Å². The monoisotopic (exact) mass is 215 g/mol. The van der Waals surface area contributed by atoms with E-state index < -0.39 is 0 Å². The zero-order valence-electron chi connectivity index (χ0n) is 10.3. The van der Waals surface area contributed by atoms with Crippen molar-refractivity contribution in [2.24, 2.45) is 0 Å². The maximum atomic E-state index is 11.7. The molecule has 0 radical (unpaired) electrons. The van der Waals surface area contributed by atoms with Gasteiger partial charge in [-0.1, -0.05) is 0 Å². The second kappa shape index (κ2) is 6.27. The summed E-state index contributed by atoms with van der Waals surface area (Å²) in [5, 5.41) is 0. The van der Waals surface area contributed by atoms with Gasteiger partial charge in [-0.2, -0.15) is 0 Å². The zero-order chi connectivity index (χ0) is 12.0. The molecule has 0 N–H and O–H groups in total. The number of carbonyl (C=O) groups is 2. The highest BCUT2D eigenvalue weighted by molar-refractivity contribution is 5.83. The molecule has 0 spiro atoms. The Balaban J connectivity index is 4.37. The van der Waals surface area contributed by atoms with Gasteiger partial charge in [0.05, 0.1) is 0 Å². The first-order valence-electron chi connectivity index (χ1n) is 5.14. The van der Waals surface area contributed by atoms with Gasteiger partial charge in [0.2, 0.25) is 5.91 Å². The van der Waals surface area contributed by atoms with E-state index in [4.69, 9.17) is 0 Å². The van der Waals surface area contributed by atoms with Gasteiger partial charge in [0.25, 0.3) is 0 Å². The Bertz CT molecular complexity index is 229. The number of urea groups is 1. The molecule has 0 saturated heterocycles. The first-order valence-corrected chi connectivity index (χ1v) is 5.14. The average molecular weight is 215 g/mol. The Morgan fingerprint density at radius 1 is 1.00 bits per heavy atom. The van der Waals surface area contributed by atoms with Gasteiger partial charge >= 0.3 is 6.03 Å². The maximum Gasteiger partial charge on any atom is 0.320 e. The molecule has 0 fully saturated rings. The quantitative estimate of drug-likeness (QED) is 0.684. The fourth-order valence-electron chi connectivity index (χ4n) is 0.996. The van der Waals surface area contributed by atoms with E-state index in [2.05, 4.69) is 0 Å². The van der Waals surface area contributed by atoms with Crippen molar-refractivity contribution in [3.63, 3.8) is 0 Å². The Kier molecular flexibility index (Phi) is 5.74. The summed E-state index contributed by atoms with van der Waals surface area (Å²) in [5.41, 5.74) is 0. The summed E-state index contributed by atoms with van der Waals surface area (Å²) in [4.78, 5) is 27.8. The lowest BCUT2D eigenvalue weighted by Gasteiger charge is -2.26. The number of carbonyl (C=O) groups excluding carboxylic acids is 2. The van der Waals surface area contributed by atoms with Crippen LogP contribution in [0.1, 0.15) is 13.8 Å². The highest BCUT2D eigenvalue weighted by Gasteiger charge is 2.18. The van der Waals surface area contributed by atoms with Crippen molar-refractivity contribution in [3.05, 3.63) is 0 Å². The van der Waals surface area contributed by atoms with E-state index in [1.807, 2.05) is 13.8 Å². The molecule has 5 heteroatoms. The molecule has 0 aliphatic carbocycles. The predicted molar refractivity (Wildman–Crippen MR) is 59.6 cm³/mol. The molecule has 0 aliphatic heterocycles. The van der Waals surface area contributed by atoms with Crippen molar-refractivity contribution in [1.82, 2.24) is 14.7 Å². The van der Waals surface area contributed by atoms with Crippen LogP contribution < -0.4 is 0 Å². The van der Waals surface area contributed by atoms with Crippen LogP contribution in [0.2, 0.25) is 0 Å². The van der Waals surface area contributed by atoms with Crippen molar-refractivity contribution >= 4 is 11.9 Å². The molecule has 0 aromatic heterocycles. The molecule has 0 rings (SSSR count). The van der Waals surface area contributed by atoms with Crippen LogP contribution in [0.4, 0.5) is 4.79 Å². The van der Waals surface area contributed by atoms with Crippen molar-refractivity contribution in [3.8, 4) is 0 Å². The maximum absolute atomic E-state index is 11.7. The van der Waals surface area contributed by atoms with Gasteiger partial charge in [0.1, 0.15) is 6.54 Å². The molecule has 0 unspecified atom stereocenters. The fourth-order valence-corrected chi connectivity index (χ4v) is 0.996. The third-order valence-corrected chi connectivity index (χ3v) is 2.28. The number of nitrogens with zero attached hydrogens (tertiary/aromatic N) is 3. The molecule has 0 bridgehead atoms. The van der Waals surface area contributed by atoms with Gasteiger partial charge in [-0.3, -0.25) is 4.79 Å². The van der Waals surface area contributed by atoms with E-state index in [1.165, 1.54) is 9.80 Å². The Hall–Kier alpha value is -1.26. The molecule has 0 atom stereocenters. The number of hydrogen-bond donors (Lipinski definition) is 0. The van der Waals surface area contributed by atoms with Crippen LogP contribution in [-0.4, -0.2) is 67.4 Å². The molecular weight excluding hydrogens is 194 g/mol. The first kappa shape index (κ1) is 13.7. The highest BCUT2D eigenvalue weighted by atomic mass is 16.2. The average Bonchev–Trinajstić information content (AvgIpc) is 2.23. The highest BCUT2D eigenvalue weighted by Crippen LogP contribution is 1.97. The summed E-state index contributed by atoms with van der Waals surface area (Å²) in [6.45, 7) is 5.10. The van der Waals surface area contributed by atoms with Crippen molar-refractivity contribution in [1.29, 1.82) is 0 Å². The molecule has 0 aromatic rings. The van der Waals surface area contributed by atoms with Crippen LogP contribution in [0, 0.1) is 0 Å². The normalized spacial score (nSPS) is 9.67. The molecule has 0 saturated carbocycles. The molecule has 0 heterocycles. The SMILES string of the molecule is CCN(C)C(=O)N(CC)CC(=O)N(C)C. The molecule has 0 aliphatic rings. The van der Waals surface area contributed by atoms with Gasteiger partial charge in [-0.05, 0) is 13.8 Å². The molecule has 88 valence electrons. The van der Waals surface area contributed by atoms with Crippen LogP contribution in [-0.2, 0) is 4.79 Å². The lowest BCUT2D eigenvalue weighted by molar-refractivity contribution is -0.129. The van der Waals surface area contributed by atoms with Crippen LogP contribution in [0.15, 0.2) is 0 Å². The van der Waals surface area contributed by atoms with Gasteiger partial charge in [-0.25, -0.2) is 4.79 Å². The fraction of sp³-hybridized carbons (Fsp3) is 0.800. The molecule has 15 heavy (non-hydrogen) atoms. The molecule has 0 aromatic carbocycles. The number of amides is 3. The Labute approximate surface area is 91.6 Å². The Morgan fingerprint density at radius 2 is 1.53 bits per heavy atom. The van der Waals surface area contributed by atoms with Gasteiger partial charge in [-0.15, -0.1) is 0 Å². The summed E-state index contributed by atoms with van der Waals surface area (Å²) >= 11 is 0. The third kappa shape index (κ3) is 4.18. The smallest absolute Gasteiger partial charge is 0.320 e. The minimum Gasteiger partial charge on any atom is -0.347 e. The van der Waals surface area contributed by atoms with E-state index in [0.29, 0.717) is 13.1 Å². The van der Waals surface area contributed by atoms with E-state index in [0.717, 1.165) is 0 Å². The standard InChI is InChI=1S/C10H21N3O2/c1-6-12(5)10(15)13(7-2)8-9(14)11(3)4/h6-8H2,1-5H3. The van der Waals surface area contributed by atoms with Gasteiger partial charge in [0, 0.05) is 34.2 Å².